The van der Waals surface area contributed by atoms with Crippen molar-refractivity contribution in [3.63, 3.8) is 0 Å². The maximum atomic E-state index is 13.3. The molecule has 0 radical (unpaired) electrons. The van der Waals surface area contributed by atoms with Gasteiger partial charge in [-0.3, -0.25) is 14.4 Å². The summed E-state index contributed by atoms with van der Waals surface area (Å²) in [5, 5.41) is 21.3. The smallest absolute Gasteiger partial charge is 0.407 e. The van der Waals surface area contributed by atoms with Crippen LogP contribution in [0.25, 0.3) is 11.2 Å². The predicted molar refractivity (Wildman–Crippen MR) is 283 cm³/mol. The van der Waals surface area contributed by atoms with Crippen LogP contribution in [0.2, 0.25) is 0 Å². The van der Waals surface area contributed by atoms with E-state index in [-0.39, 0.29) is 42.2 Å². The molecule has 17 nitrogen and oxygen atoms in total. The van der Waals surface area contributed by atoms with Crippen LogP contribution >= 0.6 is 0 Å². The number of benzene rings is 1. The van der Waals surface area contributed by atoms with Crippen molar-refractivity contribution < 1.29 is 29.0 Å². The second-order valence-corrected chi connectivity index (χ2v) is 22.5. The predicted octanol–water partition coefficient (Wildman–Crippen LogP) is 8.65. The molecule has 9 N–H and O–H groups in total. The van der Waals surface area contributed by atoms with E-state index in [1.54, 1.807) is 18.3 Å². The number of carboxylic acids is 1. The van der Waals surface area contributed by atoms with Gasteiger partial charge in [0.2, 0.25) is 17.8 Å². The largest absolute Gasteiger partial charge is 0.481 e. The van der Waals surface area contributed by atoms with Crippen LogP contribution in [0.15, 0.2) is 42.1 Å². The van der Waals surface area contributed by atoms with E-state index in [4.69, 9.17) is 16.2 Å². The summed E-state index contributed by atoms with van der Waals surface area (Å²) < 4.78 is 6.01. The summed E-state index contributed by atoms with van der Waals surface area (Å²) in [7, 11) is 1.87. The third-order valence-corrected chi connectivity index (χ3v) is 17.2. The average molecular weight is 994 g/mol. The van der Waals surface area contributed by atoms with E-state index in [1.807, 2.05) is 24.1 Å². The molecule has 72 heavy (non-hydrogen) atoms. The Hall–Kier alpha value is -5.58. The fourth-order valence-corrected chi connectivity index (χ4v) is 13.3. The van der Waals surface area contributed by atoms with E-state index in [2.05, 4.69) is 81.9 Å². The highest BCUT2D eigenvalue weighted by atomic mass is 16.6. The second kappa shape index (κ2) is 24.4. The number of carbonyl (C=O) groups excluding carboxylic acids is 3. The molecule has 2 aromatic heterocycles. The molecule has 4 aliphatic rings. The minimum absolute atomic E-state index is 0.0218. The van der Waals surface area contributed by atoms with Crippen LogP contribution in [-0.2, 0) is 25.7 Å². The number of aromatic nitrogens is 4. The van der Waals surface area contributed by atoms with Crippen LogP contribution in [0, 0.1) is 52.3 Å². The Morgan fingerprint density at radius 2 is 1.60 bits per heavy atom. The van der Waals surface area contributed by atoms with Crippen LogP contribution in [-0.4, -0.2) is 88.3 Å². The maximum Gasteiger partial charge on any atom is 0.407 e. The lowest BCUT2D eigenvalue weighted by atomic mass is 9.47. The van der Waals surface area contributed by atoms with Crippen molar-refractivity contribution in [3.8, 4) is 0 Å². The molecular weight excluding hydrogens is 911 g/mol. The fraction of sp³-hybridized carbons (Fsp3) is 0.673. The zero-order valence-electron chi connectivity index (χ0n) is 43.8. The summed E-state index contributed by atoms with van der Waals surface area (Å²) >= 11 is 0. The topological polar surface area (TPSA) is 253 Å². The molecule has 0 bridgehead atoms. The fourth-order valence-electron chi connectivity index (χ4n) is 13.3. The van der Waals surface area contributed by atoms with Gasteiger partial charge in [-0.1, -0.05) is 65.5 Å². The zero-order chi connectivity index (χ0) is 51.6. The average Bonchev–Trinajstić information content (AvgIpc) is 3.69. The molecule has 0 aliphatic heterocycles. The number of anilines is 4. The van der Waals surface area contributed by atoms with Crippen molar-refractivity contribution >= 4 is 58.2 Å². The van der Waals surface area contributed by atoms with Gasteiger partial charge in [0.25, 0.3) is 0 Å². The zero-order valence-corrected chi connectivity index (χ0v) is 43.8. The molecule has 9 atom stereocenters. The molecule has 0 spiro atoms. The van der Waals surface area contributed by atoms with Crippen LogP contribution in [0.1, 0.15) is 143 Å². The molecule has 3 fully saturated rings. The summed E-state index contributed by atoms with van der Waals surface area (Å²) in [5.41, 5.74) is 16.5. The normalized spacial score (nSPS) is 25.3. The number of alkyl carbamates (subject to hydrolysis) is 1. The Morgan fingerprint density at radius 3 is 2.36 bits per heavy atom. The minimum Gasteiger partial charge on any atom is -0.481 e. The first-order valence-corrected chi connectivity index (χ1v) is 27.0. The third-order valence-electron chi connectivity index (χ3n) is 17.2. The van der Waals surface area contributed by atoms with Gasteiger partial charge >= 0.3 is 12.1 Å². The number of fused-ring (bicyclic) bond motifs is 6. The first-order chi connectivity index (χ1) is 34.4. The lowest BCUT2D eigenvalue weighted by Gasteiger charge is -2.58. The van der Waals surface area contributed by atoms with Gasteiger partial charge in [-0.15, -0.1) is 0 Å². The molecule has 2 heterocycles. The van der Waals surface area contributed by atoms with Crippen molar-refractivity contribution in [2.24, 2.45) is 52.3 Å². The van der Waals surface area contributed by atoms with E-state index in [0.29, 0.717) is 60.6 Å². The Kier molecular flexibility index (Phi) is 18.4. The molecule has 17 heteroatoms. The summed E-state index contributed by atoms with van der Waals surface area (Å²) in [5.74, 6) is 1.63. The molecule has 394 valence electrons. The van der Waals surface area contributed by atoms with Crippen molar-refractivity contribution in [2.75, 3.05) is 54.9 Å². The van der Waals surface area contributed by atoms with Gasteiger partial charge in [-0.25, -0.2) is 14.8 Å². The number of hydrogen-bond donors (Lipinski definition) is 7. The number of nitrogens with zero attached hydrogens (tertiary/aromatic N) is 5. The number of unbranched alkanes of at least 4 members (excludes halogenated alkanes) is 1. The van der Waals surface area contributed by atoms with Gasteiger partial charge in [-0.2, -0.15) is 9.97 Å². The Bertz CT molecular complexity index is 2380. The van der Waals surface area contributed by atoms with Crippen molar-refractivity contribution in [1.29, 1.82) is 0 Å². The van der Waals surface area contributed by atoms with Crippen LogP contribution in [0.3, 0.4) is 0 Å². The molecule has 0 unspecified atom stereocenters. The lowest BCUT2D eigenvalue weighted by molar-refractivity contribution is -0.138. The minimum atomic E-state index is -1.18. The van der Waals surface area contributed by atoms with Gasteiger partial charge < -0.3 is 47.5 Å². The van der Waals surface area contributed by atoms with Crippen LogP contribution in [0.5, 0.6) is 0 Å². The monoisotopic (exact) mass is 994 g/mol. The summed E-state index contributed by atoms with van der Waals surface area (Å²) in [6.07, 6.45) is 19.3. The van der Waals surface area contributed by atoms with Gasteiger partial charge in [0.1, 0.15) is 12.0 Å². The molecule has 3 amide bonds. The standard InChI is InChI=1S/C55H83N11O6/c1-34(2)11-9-12-35(3)43-20-21-44-41-18-13-36-31-40(23-25-54(36,4)45(41)24-26-55(43,44)5)72-53(71)60-29-8-7-27-58-28-10-30-59-50(69)42(19-22-46(67)68)51(70)63-37-14-16-39(17-15-37)66(6)33-38-32-61-49-47(62-38)48(56)64-52(57)65-49/h13-17,32,34-35,40-45,58H,7-12,18-31,33H2,1-6H3,(H,59,69)(H,60,71)(H,63,70)(H,67,68)(H4,56,57,61,64,65)/t35-,40+,41+,42+,43-,44+,45+,54+,55-/m1/s1. The van der Waals surface area contributed by atoms with E-state index in [0.717, 1.165) is 79.8 Å². The quantitative estimate of drug-likeness (QED) is 0.0252. The first-order valence-electron chi connectivity index (χ1n) is 27.0. The maximum absolute atomic E-state index is 13.3. The highest BCUT2D eigenvalue weighted by Crippen LogP contribution is 2.67. The van der Waals surface area contributed by atoms with Crippen LogP contribution in [0.4, 0.5) is 27.9 Å². The molecule has 3 aromatic rings. The number of rotatable bonds is 24. The third kappa shape index (κ3) is 13.3. The van der Waals surface area contributed by atoms with Crippen molar-refractivity contribution in [2.45, 2.75) is 150 Å². The van der Waals surface area contributed by atoms with Gasteiger partial charge in [-0.05, 0) is 154 Å². The van der Waals surface area contributed by atoms with E-state index >= 15 is 0 Å². The number of ether oxygens (including phenoxy) is 1. The highest BCUT2D eigenvalue weighted by Gasteiger charge is 2.59. The number of amides is 3. The van der Waals surface area contributed by atoms with E-state index in [1.165, 1.54) is 56.9 Å². The summed E-state index contributed by atoms with van der Waals surface area (Å²) in [6.45, 7) is 15.1. The Balaban J connectivity index is 0.758. The highest BCUT2D eigenvalue weighted by molar-refractivity contribution is 6.06. The van der Waals surface area contributed by atoms with Crippen molar-refractivity contribution in [3.05, 3.63) is 47.8 Å². The second-order valence-electron chi connectivity index (χ2n) is 22.5. The Labute approximate surface area is 426 Å². The number of nitrogen functional groups attached to an aromatic ring is 2. The van der Waals surface area contributed by atoms with Gasteiger partial charge in [0.15, 0.2) is 17.0 Å². The summed E-state index contributed by atoms with van der Waals surface area (Å²) in [4.78, 5) is 69.6. The van der Waals surface area contributed by atoms with Crippen LogP contribution < -0.4 is 37.6 Å². The first kappa shape index (κ1) is 54.2. The van der Waals surface area contributed by atoms with Crippen molar-refractivity contribution in [1.82, 2.24) is 35.9 Å². The summed E-state index contributed by atoms with van der Waals surface area (Å²) in [6, 6.07) is 7.03. The molecular formula is C55H83N11O6. The molecule has 0 saturated heterocycles. The number of hydrogen-bond acceptors (Lipinski definition) is 13. The number of carboxylic acid groups (broad SMARTS) is 1. The number of carbonyl (C=O) groups is 4. The van der Waals surface area contributed by atoms with E-state index < -0.39 is 23.7 Å². The number of nitrogens with two attached hydrogens (primary N) is 2. The number of nitrogens with one attached hydrogen (secondary N) is 4. The molecule has 4 aliphatic carbocycles. The van der Waals surface area contributed by atoms with E-state index in [9.17, 15) is 24.3 Å². The number of aliphatic carboxylic acids is 1. The van der Waals surface area contributed by atoms with Gasteiger partial charge in [0, 0.05) is 44.4 Å². The lowest BCUT2D eigenvalue weighted by Crippen LogP contribution is -2.51. The van der Waals surface area contributed by atoms with Gasteiger partial charge in [0.05, 0.1) is 18.4 Å². The SMILES string of the molecule is CC(C)CCC[C@@H](C)[C@H]1CC[C@H]2[C@@H]3CC=C4C[C@@H](OC(=O)NCCCCNCCCNC(=O)[C@H](CCC(=O)O)C(=O)Nc5ccc(N(C)Cc6cnc7nc(N)nc(N)c7n6)cc5)CC[C@]4(C)[C@H]3CC[C@]12C. The molecule has 7 rings (SSSR count). The molecule has 1 aromatic carbocycles. The number of allylic oxidation sites excluding steroid dienone is 1. The molecule has 3 saturated carbocycles. The Morgan fingerprint density at radius 1 is 0.847 bits per heavy atom.